The van der Waals surface area contributed by atoms with Gasteiger partial charge in [-0.1, -0.05) is 32.9 Å². The van der Waals surface area contributed by atoms with Crippen molar-refractivity contribution in [3.05, 3.63) is 46.2 Å². The van der Waals surface area contributed by atoms with E-state index in [-0.39, 0.29) is 30.2 Å². The smallest absolute Gasteiger partial charge is 0.341 e. The molecule has 0 saturated carbocycles. The van der Waals surface area contributed by atoms with Gasteiger partial charge in [-0.2, -0.15) is 5.10 Å². The number of carbonyl (C=O) groups is 1. The van der Waals surface area contributed by atoms with Crippen molar-refractivity contribution in [2.24, 2.45) is 5.41 Å². The molecule has 3 aromatic rings. The first-order valence-electron chi connectivity index (χ1n) is 10.6. The van der Waals surface area contributed by atoms with E-state index in [9.17, 15) is 23.5 Å². The molecule has 176 valence electrons. The average Bonchev–Trinajstić information content (AvgIpc) is 3.11. The van der Waals surface area contributed by atoms with Crippen LogP contribution in [0.2, 0.25) is 0 Å². The molecule has 0 spiro atoms. The zero-order valence-corrected chi connectivity index (χ0v) is 18.5. The largest absolute Gasteiger partial charge is 0.489 e. The van der Waals surface area contributed by atoms with Crippen LogP contribution in [-0.4, -0.2) is 51.7 Å². The number of hydrogen-bond acceptors (Lipinski definition) is 5. The number of halogens is 2. The van der Waals surface area contributed by atoms with Crippen LogP contribution in [0.4, 0.5) is 8.78 Å². The summed E-state index contributed by atoms with van der Waals surface area (Å²) in [5.41, 5.74) is 0.731. The quantitative estimate of drug-likeness (QED) is 0.538. The molecule has 10 heteroatoms. The van der Waals surface area contributed by atoms with Crippen molar-refractivity contribution in [1.29, 1.82) is 0 Å². The maximum absolute atomic E-state index is 12.6. The minimum Gasteiger partial charge on any atom is -0.489 e. The van der Waals surface area contributed by atoms with E-state index in [1.54, 1.807) is 12.1 Å². The number of aromatic carboxylic acids is 1. The van der Waals surface area contributed by atoms with E-state index in [4.69, 9.17) is 14.6 Å². The molecule has 3 heterocycles. The molecule has 2 aromatic heterocycles. The number of nitrogens with zero attached hydrogens (tertiary/aromatic N) is 3. The van der Waals surface area contributed by atoms with Crippen LogP contribution in [0.3, 0.4) is 0 Å². The molecule has 0 bridgehead atoms. The Bertz CT molecular complexity index is 1260. The number of fused-ring (bicyclic) bond motifs is 5. The number of benzene rings is 1. The molecule has 1 aliphatic heterocycles. The Morgan fingerprint density at radius 3 is 2.73 bits per heavy atom. The minimum atomic E-state index is -2.53. The van der Waals surface area contributed by atoms with Crippen LogP contribution in [-0.2, 0) is 11.3 Å². The van der Waals surface area contributed by atoms with Crippen LogP contribution in [0, 0.1) is 5.41 Å². The fourth-order valence-corrected chi connectivity index (χ4v) is 4.13. The molecular weight excluding hydrogens is 436 g/mol. The lowest BCUT2D eigenvalue weighted by Gasteiger charge is -2.38. The lowest BCUT2D eigenvalue weighted by molar-refractivity contribution is 0.00774. The lowest BCUT2D eigenvalue weighted by Crippen LogP contribution is -2.35. The summed E-state index contributed by atoms with van der Waals surface area (Å²) >= 11 is 0. The molecule has 1 atom stereocenters. The SMILES string of the molecule is CC(C)(C)C1Cn2nc3c(OCCOCC(F)F)cccc3c2-c2cc(=O)c(C(=O)O)cn21. The summed E-state index contributed by atoms with van der Waals surface area (Å²) in [6.07, 6.45) is -1.12. The third kappa shape index (κ3) is 4.35. The van der Waals surface area contributed by atoms with E-state index in [0.29, 0.717) is 29.2 Å². The van der Waals surface area contributed by atoms with Crippen molar-refractivity contribution in [3.8, 4) is 17.1 Å². The number of alkyl halides is 2. The summed E-state index contributed by atoms with van der Waals surface area (Å²) in [6, 6.07) is 6.56. The zero-order valence-electron chi connectivity index (χ0n) is 18.5. The first-order chi connectivity index (χ1) is 15.6. The van der Waals surface area contributed by atoms with Crippen LogP contribution in [0.1, 0.15) is 37.2 Å². The third-order valence-corrected chi connectivity index (χ3v) is 5.70. The van der Waals surface area contributed by atoms with Gasteiger partial charge in [0, 0.05) is 17.6 Å². The molecule has 1 aromatic carbocycles. The average molecular weight is 461 g/mol. The van der Waals surface area contributed by atoms with Gasteiger partial charge in [-0.3, -0.25) is 9.48 Å². The molecule has 4 rings (SSSR count). The van der Waals surface area contributed by atoms with Gasteiger partial charge in [-0.25, -0.2) is 13.6 Å². The number of carboxylic acids is 1. The highest BCUT2D eigenvalue weighted by atomic mass is 19.3. The van der Waals surface area contributed by atoms with E-state index < -0.39 is 24.4 Å². The van der Waals surface area contributed by atoms with Crippen molar-refractivity contribution >= 4 is 16.9 Å². The van der Waals surface area contributed by atoms with Crippen LogP contribution in [0.15, 0.2) is 35.3 Å². The molecular formula is C23H25F2N3O5. The summed E-state index contributed by atoms with van der Waals surface area (Å²) in [6.45, 7) is 6.05. The van der Waals surface area contributed by atoms with E-state index in [2.05, 4.69) is 0 Å². The number of carboxylic acid groups (broad SMARTS) is 1. The highest BCUT2D eigenvalue weighted by Crippen LogP contribution is 2.42. The molecule has 1 unspecified atom stereocenters. The molecule has 8 nitrogen and oxygen atoms in total. The molecule has 0 fully saturated rings. The van der Waals surface area contributed by atoms with Gasteiger partial charge in [0.2, 0.25) is 0 Å². The first kappa shape index (κ1) is 22.9. The highest BCUT2D eigenvalue weighted by molar-refractivity contribution is 5.96. The standard InChI is InChI=1S/C23H25F2N3O5/c1-23(2,3)18-11-28-21(15-9-16(29)14(22(30)31)10-27(15)18)13-5-4-6-17(20(13)26-28)33-8-7-32-12-19(24)25/h4-6,9-10,18-19H,7-8,11-12H2,1-3H3,(H,30,31). The Morgan fingerprint density at radius 2 is 2.06 bits per heavy atom. The Kier molecular flexibility index (Phi) is 5.96. The maximum Gasteiger partial charge on any atom is 0.341 e. The number of rotatable bonds is 7. The summed E-state index contributed by atoms with van der Waals surface area (Å²) in [5, 5.41) is 14.9. The predicted molar refractivity (Wildman–Crippen MR) is 117 cm³/mol. The fraction of sp³-hybridized carbons (Fsp3) is 0.435. The topological polar surface area (TPSA) is 95.6 Å². The monoisotopic (exact) mass is 461 g/mol. The number of aromatic nitrogens is 3. The molecule has 0 radical (unpaired) electrons. The molecule has 0 saturated heterocycles. The minimum absolute atomic E-state index is 0.0105. The van der Waals surface area contributed by atoms with E-state index >= 15 is 0 Å². The van der Waals surface area contributed by atoms with Crippen LogP contribution < -0.4 is 10.2 Å². The zero-order chi connectivity index (χ0) is 23.9. The van der Waals surface area contributed by atoms with Gasteiger partial charge in [0.1, 0.15) is 30.0 Å². The van der Waals surface area contributed by atoms with E-state index in [1.807, 2.05) is 36.1 Å². The lowest BCUT2D eigenvalue weighted by atomic mass is 9.85. The Hall–Kier alpha value is -3.27. The van der Waals surface area contributed by atoms with Crippen molar-refractivity contribution in [2.45, 2.75) is 39.8 Å². The van der Waals surface area contributed by atoms with Crippen LogP contribution in [0.5, 0.6) is 5.75 Å². The number of pyridine rings is 1. The van der Waals surface area contributed by atoms with Crippen LogP contribution >= 0.6 is 0 Å². The van der Waals surface area contributed by atoms with Crippen molar-refractivity contribution < 1.29 is 28.2 Å². The van der Waals surface area contributed by atoms with Gasteiger partial charge in [0.25, 0.3) is 6.43 Å². The molecule has 0 aliphatic carbocycles. The first-order valence-corrected chi connectivity index (χ1v) is 10.6. The second-order valence-electron chi connectivity index (χ2n) is 9.03. The second-order valence-corrected chi connectivity index (χ2v) is 9.03. The molecule has 1 aliphatic rings. The van der Waals surface area contributed by atoms with E-state index in [1.165, 1.54) is 12.3 Å². The molecule has 1 N–H and O–H groups in total. The summed E-state index contributed by atoms with van der Waals surface area (Å²) in [4.78, 5) is 24.2. The Labute approximate surface area is 188 Å². The fourth-order valence-electron chi connectivity index (χ4n) is 4.13. The summed E-state index contributed by atoms with van der Waals surface area (Å²) < 4.78 is 38.7. The van der Waals surface area contributed by atoms with Gasteiger partial charge >= 0.3 is 5.97 Å². The predicted octanol–water partition coefficient (Wildman–Crippen LogP) is 3.82. The van der Waals surface area contributed by atoms with Crippen molar-refractivity contribution in [2.75, 3.05) is 19.8 Å². The third-order valence-electron chi connectivity index (χ3n) is 5.70. The second kappa shape index (κ2) is 8.58. The van der Waals surface area contributed by atoms with Crippen molar-refractivity contribution in [3.63, 3.8) is 0 Å². The van der Waals surface area contributed by atoms with Gasteiger partial charge in [0.05, 0.1) is 30.6 Å². The van der Waals surface area contributed by atoms with E-state index in [0.717, 1.165) is 5.39 Å². The normalized spacial score (nSPS) is 15.5. The Balaban J connectivity index is 1.79. The van der Waals surface area contributed by atoms with Gasteiger partial charge < -0.3 is 19.1 Å². The molecule has 33 heavy (non-hydrogen) atoms. The number of hydrogen-bond donors (Lipinski definition) is 1. The van der Waals surface area contributed by atoms with Crippen LogP contribution in [0.25, 0.3) is 22.3 Å². The Morgan fingerprint density at radius 1 is 1.30 bits per heavy atom. The number of ether oxygens (including phenoxy) is 2. The summed E-state index contributed by atoms with van der Waals surface area (Å²) in [7, 11) is 0. The van der Waals surface area contributed by atoms with Gasteiger partial charge in [-0.05, 0) is 11.5 Å². The van der Waals surface area contributed by atoms with Gasteiger partial charge in [-0.15, -0.1) is 0 Å². The van der Waals surface area contributed by atoms with Crippen molar-refractivity contribution in [1.82, 2.24) is 14.3 Å². The van der Waals surface area contributed by atoms with Gasteiger partial charge in [0.15, 0.2) is 5.43 Å². The highest BCUT2D eigenvalue weighted by Gasteiger charge is 2.35. The summed E-state index contributed by atoms with van der Waals surface area (Å²) in [5.74, 6) is -0.796. The molecule has 0 amide bonds. The maximum atomic E-state index is 12.6.